The summed E-state index contributed by atoms with van der Waals surface area (Å²) in [5.74, 6) is 0.842. The first-order valence-electron chi connectivity index (χ1n) is 18.5. The van der Waals surface area contributed by atoms with Gasteiger partial charge in [0, 0.05) is 11.8 Å². The molecular formula is C35H78O3Si8. The summed E-state index contributed by atoms with van der Waals surface area (Å²) >= 11 is 0. The Labute approximate surface area is 294 Å². The average molecular weight is 772 g/mol. The minimum Gasteiger partial charge on any atom is -0.422 e. The maximum absolute atomic E-state index is 12.3. The van der Waals surface area contributed by atoms with Crippen LogP contribution in [0.3, 0.4) is 0 Å². The van der Waals surface area contributed by atoms with Crippen molar-refractivity contribution < 1.29 is 14.0 Å². The monoisotopic (exact) mass is 770 g/mol. The predicted octanol–water partition coefficient (Wildman–Crippen LogP) is 11.0. The first-order valence-corrected chi connectivity index (χ1v) is 49.3. The molecule has 1 aromatic carbocycles. The van der Waals surface area contributed by atoms with Crippen LogP contribution in [-0.4, -0.2) is 76.6 Å². The SMILES string of the molecule is CC(C)[C@H](O[Si]([Si](C)(C)C)([Si](C)(C)C)[Si](C)(C)C)[C@@H]1CCC[C@@H]([C@@H](O)c2ccccc2)[C@@H]1O[Si]([Si](C)(C)C)([Si](C)(C)C)[Si](C)(C)C. The first-order chi connectivity index (χ1) is 20.4. The van der Waals surface area contributed by atoms with Gasteiger partial charge in [0.25, 0.3) is 0 Å². The van der Waals surface area contributed by atoms with E-state index in [1.54, 1.807) is 0 Å². The fraction of sp³-hybridized carbons (Fsp3) is 0.829. The van der Waals surface area contributed by atoms with E-state index in [1.165, 1.54) is 0 Å². The molecule has 5 atom stereocenters. The van der Waals surface area contributed by atoms with Crippen LogP contribution < -0.4 is 0 Å². The van der Waals surface area contributed by atoms with Crippen LogP contribution in [0.1, 0.15) is 44.8 Å². The maximum atomic E-state index is 12.3. The lowest BCUT2D eigenvalue weighted by molar-refractivity contribution is -0.0738. The van der Waals surface area contributed by atoms with Gasteiger partial charge < -0.3 is 14.0 Å². The number of aliphatic hydroxyl groups is 1. The minimum atomic E-state index is -2.18. The maximum Gasteiger partial charge on any atom is 0.158 e. The summed E-state index contributed by atoms with van der Waals surface area (Å²) in [6.45, 7) is 48.3. The Morgan fingerprint density at radius 3 is 1.28 bits per heavy atom. The van der Waals surface area contributed by atoms with Crippen LogP contribution in [0, 0.1) is 17.8 Å². The molecule has 1 aromatic rings. The second-order valence-electron chi connectivity index (χ2n) is 21.4. The topological polar surface area (TPSA) is 38.7 Å². The van der Waals surface area contributed by atoms with Crippen LogP contribution in [0.5, 0.6) is 0 Å². The highest BCUT2D eigenvalue weighted by atomic mass is 29.9. The van der Waals surface area contributed by atoms with Crippen LogP contribution in [0.4, 0.5) is 0 Å². The Kier molecular flexibility index (Phi) is 13.5. The van der Waals surface area contributed by atoms with Gasteiger partial charge in [-0.2, -0.15) is 0 Å². The van der Waals surface area contributed by atoms with E-state index in [0.717, 1.165) is 24.8 Å². The molecule has 3 nitrogen and oxygen atoms in total. The Morgan fingerprint density at radius 1 is 0.565 bits per heavy atom. The molecule has 1 aliphatic carbocycles. The molecule has 0 radical (unpaired) electrons. The Morgan fingerprint density at radius 2 is 0.935 bits per heavy atom. The third-order valence-electron chi connectivity index (χ3n) is 11.5. The fourth-order valence-electron chi connectivity index (χ4n) is 11.9. The number of rotatable bonds is 14. The van der Waals surface area contributed by atoms with Crippen molar-refractivity contribution in [1.29, 1.82) is 0 Å². The molecular weight excluding hydrogens is 693 g/mol. The van der Waals surface area contributed by atoms with Crippen LogP contribution in [0.2, 0.25) is 118 Å². The zero-order valence-corrected chi connectivity index (χ0v) is 42.2. The van der Waals surface area contributed by atoms with E-state index in [-0.39, 0.29) is 18.1 Å². The molecule has 11 heteroatoms. The van der Waals surface area contributed by atoms with E-state index in [1.807, 2.05) is 0 Å². The highest BCUT2D eigenvalue weighted by Crippen LogP contribution is 2.49. The van der Waals surface area contributed by atoms with Crippen LogP contribution in [-0.2, 0) is 8.85 Å². The van der Waals surface area contributed by atoms with E-state index in [4.69, 9.17) is 8.85 Å². The molecule has 1 saturated carbocycles. The van der Waals surface area contributed by atoms with Gasteiger partial charge in [-0.05, 0) is 24.3 Å². The summed E-state index contributed by atoms with van der Waals surface area (Å²) in [4.78, 5) is 0. The molecule has 0 spiro atoms. The number of aliphatic hydroxyl groups excluding tert-OH is 1. The molecule has 0 aromatic heterocycles. The van der Waals surface area contributed by atoms with Gasteiger partial charge in [-0.3, -0.25) is 0 Å². The van der Waals surface area contributed by atoms with Crippen molar-refractivity contribution in [3.05, 3.63) is 35.9 Å². The van der Waals surface area contributed by atoms with Gasteiger partial charge in [-0.1, -0.05) is 168 Å². The molecule has 268 valence electrons. The lowest BCUT2D eigenvalue weighted by Gasteiger charge is -2.62. The molecule has 46 heavy (non-hydrogen) atoms. The summed E-state index contributed by atoms with van der Waals surface area (Å²) in [5.41, 5.74) is 1.06. The van der Waals surface area contributed by atoms with Gasteiger partial charge in [0.1, 0.15) is 0 Å². The summed E-state index contributed by atoms with van der Waals surface area (Å²) in [5, 5.41) is 12.3. The minimum absolute atomic E-state index is 0.0461. The van der Waals surface area contributed by atoms with Crippen molar-refractivity contribution in [2.45, 2.75) is 169 Å². The van der Waals surface area contributed by atoms with Crippen LogP contribution in [0.15, 0.2) is 30.3 Å². The number of hydrogen-bond acceptors (Lipinski definition) is 3. The zero-order chi connectivity index (χ0) is 36.1. The highest BCUT2D eigenvalue weighted by molar-refractivity contribution is 7.88. The largest absolute Gasteiger partial charge is 0.422 e. The fourth-order valence-corrected chi connectivity index (χ4v) is 200. The molecule has 1 aliphatic rings. The van der Waals surface area contributed by atoms with Crippen LogP contribution >= 0.6 is 0 Å². The molecule has 0 aliphatic heterocycles. The van der Waals surface area contributed by atoms with Gasteiger partial charge >= 0.3 is 0 Å². The lowest BCUT2D eigenvalue weighted by atomic mass is 9.71. The van der Waals surface area contributed by atoms with Gasteiger partial charge in [0.05, 0.1) is 63.9 Å². The van der Waals surface area contributed by atoms with Crippen molar-refractivity contribution in [3.8, 4) is 0 Å². The van der Waals surface area contributed by atoms with Gasteiger partial charge in [-0.25, -0.2) is 0 Å². The molecule has 0 saturated heterocycles. The second-order valence-corrected chi connectivity index (χ2v) is 100. The second kappa shape index (κ2) is 14.5. The molecule has 2 rings (SSSR count). The van der Waals surface area contributed by atoms with E-state index in [0.29, 0.717) is 11.8 Å². The summed E-state index contributed by atoms with van der Waals surface area (Å²) in [7, 11) is -10.1. The molecule has 0 heterocycles. The third-order valence-corrected chi connectivity index (χ3v) is 147. The third kappa shape index (κ3) is 8.15. The van der Waals surface area contributed by atoms with Crippen molar-refractivity contribution in [3.63, 3.8) is 0 Å². The van der Waals surface area contributed by atoms with Crippen molar-refractivity contribution in [2.75, 3.05) is 0 Å². The van der Waals surface area contributed by atoms with E-state index < -0.39 is 65.4 Å². The smallest absolute Gasteiger partial charge is 0.158 e. The van der Waals surface area contributed by atoms with E-state index in [9.17, 15) is 5.11 Å². The van der Waals surface area contributed by atoms with Gasteiger partial charge in [0.15, 0.2) is 13.7 Å². The standard InChI is InChI=1S/C35H78O3Si8/c1-29(2)34(37-45(39(3,4)5,40(6,7)8)41(9,10)11)32-28-24-27-31(33(36)30-25-22-21-23-26-30)35(32)38-46(42(12,13)14,43(15,16)17)44(18,19)20/h21-23,25-26,29,31-36H,24,27-28H2,1-20H3/t31-,32-,33-,34-,35-/m0/s1. The van der Waals surface area contributed by atoms with Crippen molar-refractivity contribution >= 4 is 59.3 Å². The number of hydrogen-bond donors (Lipinski definition) is 1. The van der Waals surface area contributed by atoms with E-state index in [2.05, 4.69) is 162 Å². The Hall–Kier alpha value is 0.835. The summed E-state index contributed by atoms with van der Waals surface area (Å²) in [6, 6.07) is 10.5. The highest BCUT2D eigenvalue weighted by Gasteiger charge is 2.68. The van der Waals surface area contributed by atoms with Crippen molar-refractivity contribution in [1.82, 2.24) is 0 Å². The Bertz CT molecular complexity index is 1050. The van der Waals surface area contributed by atoms with Gasteiger partial charge in [0.2, 0.25) is 0 Å². The van der Waals surface area contributed by atoms with Crippen LogP contribution in [0.25, 0.3) is 0 Å². The van der Waals surface area contributed by atoms with Gasteiger partial charge in [-0.15, -0.1) is 0 Å². The molecule has 1 fully saturated rings. The summed E-state index contributed by atoms with van der Waals surface area (Å²) < 4.78 is 16.7. The quantitative estimate of drug-likeness (QED) is 0.192. The van der Waals surface area contributed by atoms with E-state index >= 15 is 0 Å². The molecule has 0 amide bonds. The summed E-state index contributed by atoms with van der Waals surface area (Å²) in [6.07, 6.45) is 3.07. The Balaban J connectivity index is 2.97. The normalized spacial score (nSPS) is 23.0. The lowest BCUT2D eigenvalue weighted by Crippen LogP contribution is -2.86. The number of benzene rings is 1. The van der Waals surface area contributed by atoms with Crippen molar-refractivity contribution in [2.24, 2.45) is 17.8 Å². The molecule has 0 bridgehead atoms. The molecule has 0 unspecified atom stereocenters. The first kappa shape index (κ1) is 43.0. The molecule has 1 N–H and O–H groups in total. The predicted molar refractivity (Wildman–Crippen MR) is 228 cm³/mol. The average Bonchev–Trinajstić information content (AvgIpc) is 2.83. The zero-order valence-electron chi connectivity index (χ0n) is 34.2.